The zero-order valence-corrected chi connectivity index (χ0v) is 16.9. The van der Waals surface area contributed by atoms with Crippen LogP contribution in [-0.2, 0) is 4.79 Å². The fourth-order valence-corrected chi connectivity index (χ4v) is 3.69. The first-order valence-electron chi connectivity index (χ1n) is 9.89. The number of aromatic nitrogens is 6. The Morgan fingerprint density at radius 1 is 1.41 bits per heavy atom. The number of fused-ring (bicyclic) bond motifs is 1. The van der Waals surface area contributed by atoms with E-state index in [1.165, 1.54) is 0 Å². The van der Waals surface area contributed by atoms with Crippen LogP contribution < -0.4 is 10.1 Å². The predicted octanol–water partition coefficient (Wildman–Crippen LogP) is 1.62. The molecule has 1 fully saturated rings. The molecule has 4 heterocycles. The van der Waals surface area contributed by atoms with Crippen LogP contribution in [0.3, 0.4) is 0 Å². The Balaban J connectivity index is 1.61. The largest absolute Gasteiger partial charge is 0.473 e. The van der Waals surface area contributed by atoms with Gasteiger partial charge in [-0.25, -0.2) is 4.98 Å². The molecule has 154 valence electrons. The average Bonchev–Trinajstić information content (AvgIpc) is 3.34. The molecule has 1 saturated heterocycles. The zero-order chi connectivity index (χ0) is 20.4. The molecule has 0 radical (unpaired) electrons. The van der Waals surface area contributed by atoms with Gasteiger partial charge in [0.05, 0.1) is 25.0 Å². The standard InChI is InChI=1S/C19H26N8O2/c1-12(2)29-18-17(14-8-21-22-9-14)20-10-16-24-19(25-27(16)18)23-15-4-5-26(6-7-28)11-13(15)3/h7-10,12-13,15H,4-6,11H2,1-3H3,(H,21,22)(H,23,25)/t13-,15+/m1/s1. The van der Waals surface area contributed by atoms with Gasteiger partial charge in [0.1, 0.15) is 12.0 Å². The molecule has 0 aliphatic carbocycles. The highest BCUT2D eigenvalue weighted by Crippen LogP contribution is 2.29. The van der Waals surface area contributed by atoms with Crippen molar-refractivity contribution in [1.82, 2.24) is 34.7 Å². The minimum absolute atomic E-state index is 0.0455. The maximum Gasteiger partial charge on any atom is 0.244 e. The Morgan fingerprint density at radius 3 is 2.97 bits per heavy atom. The van der Waals surface area contributed by atoms with Gasteiger partial charge in [0.2, 0.25) is 11.8 Å². The summed E-state index contributed by atoms with van der Waals surface area (Å²) in [6, 6.07) is 0.242. The average molecular weight is 398 g/mol. The van der Waals surface area contributed by atoms with Gasteiger partial charge in [-0.2, -0.15) is 14.6 Å². The second-order valence-electron chi connectivity index (χ2n) is 7.71. The number of rotatable bonds is 7. The maximum absolute atomic E-state index is 10.8. The third-order valence-electron chi connectivity index (χ3n) is 5.09. The number of nitrogens with one attached hydrogen (secondary N) is 2. The molecule has 0 saturated carbocycles. The van der Waals surface area contributed by atoms with Gasteiger partial charge in [0.25, 0.3) is 0 Å². The first kappa shape index (κ1) is 19.3. The van der Waals surface area contributed by atoms with Crippen molar-refractivity contribution in [2.45, 2.75) is 39.3 Å². The van der Waals surface area contributed by atoms with Crippen LogP contribution in [0.1, 0.15) is 27.2 Å². The molecule has 3 aromatic heterocycles. The second-order valence-corrected chi connectivity index (χ2v) is 7.71. The lowest BCUT2D eigenvalue weighted by atomic mass is 9.94. The summed E-state index contributed by atoms with van der Waals surface area (Å²) < 4.78 is 7.72. The molecular formula is C19H26N8O2. The number of hydrogen-bond donors (Lipinski definition) is 2. The van der Waals surface area contributed by atoms with E-state index < -0.39 is 0 Å². The molecule has 0 aromatic carbocycles. The number of hydrogen-bond acceptors (Lipinski definition) is 8. The number of likely N-dealkylation sites (tertiary alicyclic amines) is 1. The van der Waals surface area contributed by atoms with Gasteiger partial charge < -0.3 is 14.8 Å². The third kappa shape index (κ3) is 4.07. The first-order valence-corrected chi connectivity index (χ1v) is 9.89. The van der Waals surface area contributed by atoms with E-state index in [4.69, 9.17) is 4.74 Å². The van der Waals surface area contributed by atoms with Gasteiger partial charge in [0, 0.05) is 30.9 Å². The zero-order valence-electron chi connectivity index (χ0n) is 16.9. The number of anilines is 1. The Morgan fingerprint density at radius 2 is 2.28 bits per heavy atom. The molecule has 10 heteroatoms. The summed E-state index contributed by atoms with van der Waals surface area (Å²) in [5.74, 6) is 1.46. The van der Waals surface area contributed by atoms with E-state index in [1.807, 2.05) is 13.8 Å². The molecule has 4 rings (SSSR count). The highest BCUT2D eigenvalue weighted by atomic mass is 16.5. The van der Waals surface area contributed by atoms with Gasteiger partial charge in [-0.05, 0) is 26.2 Å². The monoisotopic (exact) mass is 398 g/mol. The molecule has 29 heavy (non-hydrogen) atoms. The van der Waals surface area contributed by atoms with Crippen LogP contribution in [-0.4, -0.2) is 72.7 Å². The van der Waals surface area contributed by atoms with Crippen LogP contribution in [0.5, 0.6) is 5.88 Å². The van der Waals surface area contributed by atoms with E-state index in [-0.39, 0.29) is 12.1 Å². The highest BCUT2D eigenvalue weighted by molar-refractivity contribution is 5.65. The van der Waals surface area contributed by atoms with Gasteiger partial charge in [-0.3, -0.25) is 10.00 Å². The van der Waals surface area contributed by atoms with E-state index in [2.05, 4.69) is 42.4 Å². The van der Waals surface area contributed by atoms with E-state index in [0.717, 1.165) is 31.4 Å². The number of ether oxygens (including phenoxy) is 1. The van der Waals surface area contributed by atoms with Gasteiger partial charge in [-0.15, -0.1) is 5.10 Å². The second kappa shape index (κ2) is 8.16. The van der Waals surface area contributed by atoms with Crippen molar-refractivity contribution in [3.05, 3.63) is 18.6 Å². The highest BCUT2D eigenvalue weighted by Gasteiger charge is 2.27. The molecule has 10 nitrogen and oxygen atoms in total. The summed E-state index contributed by atoms with van der Waals surface area (Å²) in [6.07, 6.45) is 7.00. The van der Waals surface area contributed by atoms with E-state index in [1.54, 1.807) is 23.1 Å². The molecule has 0 bridgehead atoms. The lowest BCUT2D eigenvalue weighted by Crippen LogP contribution is -2.45. The fourth-order valence-electron chi connectivity index (χ4n) is 3.69. The minimum Gasteiger partial charge on any atom is -0.473 e. The van der Waals surface area contributed by atoms with Crippen LogP contribution in [0.15, 0.2) is 18.6 Å². The van der Waals surface area contributed by atoms with Crippen molar-refractivity contribution in [3.8, 4) is 17.1 Å². The number of aromatic amines is 1. The quantitative estimate of drug-likeness (QED) is 0.577. The Bertz CT molecular complexity index is 968. The maximum atomic E-state index is 10.8. The molecule has 1 aliphatic heterocycles. The van der Waals surface area contributed by atoms with Crippen molar-refractivity contribution in [2.75, 3.05) is 25.0 Å². The summed E-state index contributed by atoms with van der Waals surface area (Å²) >= 11 is 0. The van der Waals surface area contributed by atoms with Crippen molar-refractivity contribution in [2.24, 2.45) is 5.92 Å². The number of aldehydes is 1. The van der Waals surface area contributed by atoms with E-state index in [9.17, 15) is 4.79 Å². The molecule has 0 amide bonds. The summed E-state index contributed by atoms with van der Waals surface area (Å²) in [6.45, 7) is 8.34. The number of nitrogens with zero attached hydrogens (tertiary/aromatic N) is 6. The minimum atomic E-state index is -0.0455. The number of carbonyl (C=O) groups excluding carboxylic acids is 1. The van der Waals surface area contributed by atoms with Crippen LogP contribution in [0, 0.1) is 5.92 Å². The van der Waals surface area contributed by atoms with Gasteiger partial charge in [-0.1, -0.05) is 6.92 Å². The van der Waals surface area contributed by atoms with Crippen molar-refractivity contribution < 1.29 is 9.53 Å². The third-order valence-corrected chi connectivity index (χ3v) is 5.09. The van der Waals surface area contributed by atoms with Crippen LogP contribution in [0.25, 0.3) is 16.9 Å². The molecule has 0 spiro atoms. The summed E-state index contributed by atoms with van der Waals surface area (Å²) in [5.41, 5.74) is 2.09. The molecular weight excluding hydrogens is 372 g/mol. The summed E-state index contributed by atoms with van der Waals surface area (Å²) in [5, 5.41) is 14.9. The molecule has 2 atom stereocenters. The molecule has 1 aliphatic rings. The van der Waals surface area contributed by atoms with Crippen LogP contribution in [0.2, 0.25) is 0 Å². The lowest BCUT2D eigenvalue weighted by molar-refractivity contribution is -0.109. The SMILES string of the molecule is CC(C)Oc1c(-c2cn[nH]c2)ncc2nc(N[C@H]3CCN(CC=O)C[C@H]3C)nn12. The topological polar surface area (TPSA) is 113 Å². The van der Waals surface area contributed by atoms with Crippen molar-refractivity contribution in [1.29, 1.82) is 0 Å². The number of H-pyrrole nitrogens is 1. The van der Waals surface area contributed by atoms with Crippen LogP contribution >= 0.6 is 0 Å². The van der Waals surface area contributed by atoms with Crippen LogP contribution in [0.4, 0.5) is 5.95 Å². The molecule has 0 unspecified atom stereocenters. The van der Waals surface area contributed by atoms with Crippen molar-refractivity contribution in [3.63, 3.8) is 0 Å². The van der Waals surface area contributed by atoms with E-state index in [0.29, 0.717) is 35.6 Å². The summed E-state index contributed by atoms with van der Waals surface area (Å²) in [7, 11) is 0. The van der Waals surface area contributed by atoms with E-state index >= 15 is 0 Å². The molecule has 3 aromatic rings. The number of carbonyl (C=O) groups is 1. The smallest absolute Gasteiger partial charge is 0.244 e. The normalized spacial score (nSPS) is 20.3. The molecule has 2 N–H and O–H groups in total. The first-order chi connectivity index (χ1) is 14.0. The Labute approximate surface area is 168 Å². The fraction of sp³-hybridized carbons (Fsp3) is 0.526. The Kier molecular flexibility index (Phi) is 5.43. The van der Waals surface area contributed by atoms with Gasteiger partial charge >= 0.3 is 0 Å². The predicted molar refractivity (Wildman–Crippen MR) is 108 cm³/mol. The van der Waals surface area contributed by atoms with Crippen molar-refractivity contribution >= 4 is 17.9 Å². The number of piperidine rings is 1. The Hall–Kier alpha value is -3.01. The lowest BCUT2D eigenvalue weighted by Gasteiger charge is -2.36. The summed E-state index contributed by atoms with van der Waals surface area (Å²) in [4.78, 5) is 22.1. The van der Waals surface area contributed by atoms with Gasteiger partial charge in [0.15, 0.2) is 5.65 Å².